The number of aromatic hydroxyl groups is 1. The molecule has 0 saturated carbocycles. The van der Waals surface area contributed by atoms with E-state index in [4.69, 9.17) is 9.47 Å². The number of aromatic carboxylic acids is 1. The molecule has 2 N–H and O–H groups in total. The van der Waals surface area contributed by atoms with Gasteiger partial charge in [0, 0.05) is 22.8 Å². The molecule has 0 heterocycles. The SMILES string of the molecule is COc1cc(OC)c2c(c1)C(=O)c1cc(C(C)=O)c(C(=O)O)c(O)c1C2=O. The van der Waals surface area contributed by atoms with Crippen molar-refractivity contribution < 1.29 is 38.9 Å². The van der Waals surface area contributed by atoms with Gasteiger partial charge in [-0.05, 0) is 19.1 Å². The Bertz CT molecular complexity index is 1050. The van der Waals surface area contributed by atoms with Gasteiger partial charge in [-0.15, -0.1) is 0 Å². The molecule has 8 heteroatoms. The van der Waals surface area contributed by atoms with Crippen LogP contribution in [0.1, 0.15) is 59.5 Å². The van der Waals surface area contributed by atoms with Gasteiger partial charge in [-0.3, -0.25) is 14.4 Å². The third kappa shape index (κ3) is 2.53. The number of carboxylic acids is 1. The molecule has 138 valence electrons. The first-order valence-electron chi connectivity index (χ1n) is 7.72. The van der Waals surface area contributed by atoms with E-state index < -0.39 is 40.2 Å². The van der Waals surface area contributed by atoms with Crippen LogP contribution in [-0.4, -0.2) is 47.8 Å². The van der Waals surface area contributed by atoms with Crippen molar-refractivity contribution >= 4 is 23.3 Å². The van der Waals surface area contributed by atoms with E-state index in [1.54, 1.807) is 0 Å². The topological polar surface area (TPSA) is 127 Å². The molecule has 0 atom stereocenters. The van der Waals surface area contributed by atoms with Gasteiger partial charge in [0.05, 0.1) is 25.3 Å². The van der Waals surface area contributed by atoms with E-state index in [0.29, 0.717) is 0 Å². The van der Waals surface area contributed by atoms with Crippen molar-refractivity contribution in [1.29, 1.82) is 0 Å². The van der Waals surface area contributed by atoms with E-state index >= 15 is 0 Å². The molecule has 0 saturated heterocycles. The van der Waals surface area contributed by atoms with Crippen molar-refractivity contribution in [3.8, 4) is 17.2 Å². The summed E-state index contributed by atoms with van der Waals surface area (Å²) >= 11 is 0. The maximum absolute atomic E-state index is 13.0. The molecule has 1 aliphatic rings. The Labute approximate surface area is 152 Å². The predicted molar refractivity (Wildman–Crippen MR) is 91.5 cm³/mol. The number of Topliss-reactive ketones (excluding diaryl/α,β-unsaturated/α-hetero) is 1. The molecule has 0 fully saturated rings. The summed E-state index contributed by atoms with van der Waals surface area (Å²) in [4.78, 5) is 49.3. The molecule has 1 aliphatic carbocycles. The first kappa shape index (κ1) is 18.1. The van der Waals surface area contributed by atoms with Crippen LogP contribution in [0.4, 0.5) is 0 Å². The van der Waals surface area contributed by atoms with Crippen molar-refractivity contribution in [1.82, 2.24) is 0 Å². The maximum atomic E-state index is 13.0. The summed E-state index contributed by atoms with van der Waals surface area (Å²) in [5, 5.41) is 19.8. The fourth-order valence-electron chi connectivity index (χ4n) is 3.12. The van der Waals surface area contributed by atoms with Crippen LogP contribution in [-0.2, 0) is 0 Å². The molecule has 27 heavy (non-hydrogen) atoms. The zero-order valence-electron chi connectivity index (χ0n) is 14.6. The molecular weight excluding hydrogens is 356 g/mol. The number of phenols is 1. The molecule has 8 nitrogen and oxygen atoms in total. The van der Waals surface area contributed by atoms with Crippen molar-refractivity contribution in [2.24, 2.45) is 0 Å². The summed E-state index contributed by atoms with van der Waals surface area (Å²) in [5.74, 6) is -4.31. The number of hydrogen-bond acceptors (Lipinski definition) is 7. The Morgan fingerprint density at radius 3 is 2.07 bits per heavy atom. The zero-order chi connectivity index (χ0) is 20.0. The van der Waals surface area contributed by atoms with Crippen LogP contribution in [0.25, 0.3) is 0 Å². The third-order valence-electron chi connectivity index (χ3n) is 4.37. The molecule has 0 aliphatic heterocycles. The highest BCUT2D eigenvalue weighted by Crippen LogP contribution is 2.41. The minimum absolute atomic E-state index is 0.0272. The highest BCUT2D eigenvalue weighted by molar-refractivity contribution is 6.31. The van der Waals surface area contributed by atoms with Gasteiger partial charge in [0.2, 0.25) is 5.78 Å². The number of hydrogen-bond donors (Lipinski definition) is 2. The largest absolute Gasteiger partial charge is 0.506 e. The van der Waals surface area contributed by atoms with Gasteiger partial charge in [0.15, 0.2) is 11.6 Å². The maximum Gasteiger partial charge on any atom is 0.340 e. The number of carboxylic acid groups (broad SMARTS) is 1. The van der Waals surface area contributed by atoms with E-state index in [1.807, 2.05) is 0 Å². The highest BCUT2D eigenvalue weighted by Gasteiger charge is 2.38. The second kappa shape index (κ2) is 6.24. The molecule has 0 spiro atoms. The number of carbonyl (C=O) groups is 4. The van der Waals surface area contributed by atoms with Crippen molar-refractivity contribution in [2.45, 2.75) is 6.92 Å². The number of fused-ring (bicyclic) bond motifs is 2. The van der Waals surface area contributed by atoms with E-state index in [2.05, 4.69) is 0 Å². The molecule has 0 bridgehead atoms. The first-order chi connectivity index (χ1) is 12.7. The monoisotopic (exact) mass is 370 g/mol. The van der Waals surface area contributed by atoms with Crippen LogP contribution in [0.2, 0.25) is 0 Å². The summed E-state index contributed by atoms with van der Waals surface area (Å²) < 4.78 is 10.3. The lowest BCUT2D eigenvalue weighted by molar-refractivity contribution is 0.0688. The van der Waals surface area contributed by atoms with Gasteiger partial charge < -0.3 is 19.7 Å². The average Bonchev–Trinajstić information content (AvgIpc) is 2.63. The van der Waals surface area contributed by atoms with Gasteiger partial charge in [-0.1, -0.05) is 0 Å². The third-order valence-corrected chi connectivity index (χ3v) is 4.37. The quantitative estimate of drug-likeness (QED) is 0.668. The van der Waals surface area contributed by atoms with Crippen molar-refractivity contribution in [3.63, 3.8) is 0 Å². The summed E-state index contributed by atoms with van der Waals surface area (Å²) in [6, 6.07) is 3.76. The van der Waals surface area contributed by atoms with Crippen LogP contribution in [0.15, 0.2) is 18.2 Å². The molecule has 0 unspecified atom stereocenters. The van der Waals surface area contributed by atoms with Gasteiger partial charge >= 0.3 is 5.97 Å². The van der Waals surface area contributed by atoms with Crippen LogP contribution in [0.5, 0.6) is 17.2 Å². The number of ketones is 3. The van der Waals surface area contributed by atoms with Gasteiger partial charge in [-0.2, -0.15) is 0 Å². The zero-order valence-corrected chi connectivity index (χ0v) is 14.6. The molecule has 0 amide bonds. The molecule has 2 aromatic rings. The fraction of sp³-hybridized carbons (Fsp3) is 0.158. The molecule has 0 radical (unpaired) electrons. The summed E-state index contributed by atoms with van der Waals surface area (Å²) in [6.07, 6.45) is 0. The van der Waals surface area contributed by atoms with E-state index in [1.165, 1.54) is 26.4 Å². The molecule has 0 aromatic heterocycles. The van der Waals surface area contributed by atoms with E-state index in [-0.39, 0.29) is 33.8 Å². The normalized spacial score (nSPS) is 12.3. The lowest BCUT2D eigenvalue weighted by atomic mass is 9.80. The van der Waals surface area contributed by atoms with Crippen LogP contribution < -0.4 is 9.47 Å². The fourth-order valence-corrected chi connectivity index (χ4v) is 3.12. The number of ether oxygens (including phenoxy) is 2. The Balaban J connectivity index is 2.42. The van der Waals surface area contributed by atoms with E-state index in [0.717, 1.165) is 13.0 Å². The number of rotatable bonds is 4. The van der Waals surface area contributed by atoms with Crippen LogP contribution in [0.3, 0.4) is 0 Å². The first-order valence-corrected chi connectivity index (χ1v) is 7.72. The summed E-state index contributed by atoms with van der Waals surface area (Å²) in [6.45, 7) is 1.10. The second-order valence-electron chi connectivity index (χ2n) is 5.84. The molecule has 3 rings (SSSR count). The van der Waals surface area contributed by atoms with Crippen LogP contribution >= 0.6 is 0 Å². The van der Waals surface area contributed by atoms with Gasteiger partial charge in [-0.25, -0.2) is 4.79 Å². The Kier molecular flexibility index (Phi) is 4.19. The van der Waals surface area contributed by atoms with Gasteiger partial charge in [0.1, 0.15) is 22.8 Å². The van der Waals surface area contributed by atoms with E-state index in [9.17, 15) is 29.4 Å². The van der Waals surface area contributed by atoms with Crippen LogP contribution in [0, 0.1) is 0 Å². The molecule has 2 aromatic carbocycles. The van der Waals surface area contributed by atoms with Crippen molar-refractivity contribution in [2.75, 3.05) is 14.2 Å². The highest BCUT2D eigenvalue weighted by atomic mass is 16.5. The molecular formula is C19H14O8. The lowest BCUT2D eigenvalue weighted by Crippen LogP contribution is -2.24. The summed E-state index contributed by atoms with van der Waals surface area (Å²) in [7, 11) is 2.67. The Morgan fingerprint density at radius 2 is 1.56 bits per heavy atom. The Hall–Kier alpha value is -3.68. The standard InChI is InChI=1S/C19H14O8/c1-7(20)9-6-11-14(18(23)15(9)19(24)25)17(22)13-10(16(11)21)4-8(26-2)5-12(13)27-3/h4-6,23H,1-3H3,(H,24,25). The average molecular weight is 370 g/mol. The minimum atomic E-state index is -1.59. The number of benzene rings is 2. The smallest absolute Gasteiger partial charge is 0.340 e. The predicted octanol–water partition coefficient (Wildman–Crippen LogP) is 2.09. The number of carbonyl (C=O) groups excluding carboxylic acids is 3. The summed E-state index contributed by atoms with van der Waals surface area (Å²) in [5.41, 5.74) is -1.95. The lowest BCUT2D eigenvalue weighted by Gasteiger charge is -2.22. The number of methoxy groups -OCH3 is 2. The minimum Gasteiger partial charge on any atom is -0.506 e. The van der Waals surface area contributed by atoms with Crippen molar-refractivity contribution in [3.05, 3.63) is 51.6 Å². The second-order valence-corrected chi connectivity index (χ2v) is 5.84. The Morgan fingerprint density at radius 1 is 0.926 bits per heavy atom. The van der Waals surface area contributed by atoms with Gasteiger partial charge in [0.25, 0.3) is 0 Å².